The zero-order valence-corrected chi connectivity index (χ0v) is 52.5. The van der Waals surface area contributed by atoms with Crippen LogP contribution in [0.25, 0.3) is 103 Å². The number of rotatable bonds is 15. The summed E-state index contributed by atoms with van der Waals surface area (Å²) in [7, 11) is -6.95. The van der Waals surface area contributed by atoms with Gasteiger partial charge in [-0.15, -0.1) is 0 Å². The van der Waals surface area contributed by atoms with Gasteiger partial charge in [-0.3, -0.25) is 0 Å². The molecule has 9 aromatic carbocycles. The SMILES string of the molecule is CNS(=O)(=O)c1ccccc1-c1ccc2nc(/C=C/c3ccc(F)c(C(F)(F)F)c3)[nH]c2c1.CNS(=O)(=O)c1ccccc1-c1ccc2nc(/C=C/c3ccc(F)c(F)c3)[nH]c2c1.CNS(=O)(=O)c1ccccc1-c1ccc2nc(/C=C/c3ccc(F)cc3C(F)(F)F)[nH]c2c1. The summed E-state index contributed by atoms with van der Waals surface area (Å²) in [4.78, 5) is 22.8. The molecule has 12 rings (SSSR count). The second-order valence-electron chi connectivity index (χ2n) is 20.8. The van der Waals surface area contributed by atoms with Gasteiger partial charge in [-0.2, -0.15) is 26.3 Å². The highest BCUT2D eigenvalue weighted by atomic mass is 32.2. The van der Waals surface area contributed by atoms with E-state index in [0.29, 0.717) is 84.2 Å². The Morgan fingerprint density at radius 3 is 1.10 bits per heavy atom. The molecule has 12 aromatic rings. The smallest absolute Gasteiger partial charge is 0.338 e. The third-order valence-electron chi connectivity index (χ3n) is 14.6. The summed E-state index contributed by atoms with van der Waals surface area (Å²) in [5.74, 6) is -2.94. The van der Waals surface area contributed by atoms with Gasteiger partial charge in [0.1, 0.15) is 29.1 Å². The summed E-state index contributed by atoms with van der Waals surface area (Å²) >= 11 is 0. The number of H-pyrrole nitrogens is 3. The number of halogens is 10. The first kappa shape index (κ1) is 68.5. The monoisotopic (exact) mass is 1380 g/mol. The lowest BCUT2D eigenvalue weighted by Crippen LogP contribution is -2.19. The van der Waals surface area contributed by atoms with E-state index >= 15 is 0 Å². The van der Waals surface area contributed by atoms with Crippen molar-refractivity contribution in [3.8, 4) is 33.4 Å². The summed E-state index contributed by atoms with van der Waals surface area (Å²) in [6, 6.07) is 44.3. The van der Waals surface area contributed by atoms with Crippen molar-refractivity contribution in [2.45, 2.75) is 27.0 Å². The van der Waals surface area contributed by atoms with Crippen LogP contribution in [0.3, 0.4) is 0 Å². The Labute approximate surface area is 542 Å². The average molecular weight is 1380 g/mol. The van der Waals surface area contributed by atoms with Crippen molar-refractivity contribution in [3.63, 3.8) is 0 Å². The number of nitrogens with zero attached hydrogens (tertiary/aromatic N) is 3. The van der Waals surface area contributed by atoms with E-state index in [1.807, 2.05) is 6.07 Å². The van der Waals surface area contributed by atoms with Gasteiger partial charge in [-0.05, 0) is 164 Å². The van der Waals surface area contributed by atoms with Crippen molar-refractivity contribution in [1.82, 2.24) is 44.1 Å². The molecule has 0 atom stereocenters. The lowest BCUT2D eigenvalue weighted by molar-refractivity contribution is -0.140. The molecule has 3 aromatic heterocycles. The minimum atomic E-state index is -4.79. The molecule has 6 N–H and O–H groups in total. The Kier molecular flexibility index (Phi) is 19.9. The van der Waals surface area contributed by atoms with Crippen molar-refractivity contribution >= 4 is 99.6 Å². The molecular formula is C68H51F10N9O6S3. The van der Waals surface area contributed by atoms with Gasteiger partial charge in [0.25, 0.3) is 0 Å². The number of nitrogens with one attached hydrogen (secondary N) is 6. The van der Waals surface area contributed by atoms with Crippen molar-refractivity contribution in [2.75, 3.05) is 21.1 Å². The quantitative estimate of drug-likeness (QED) is 0.0536. The number of hydrogen-bond donors (Lipinski definition) is 6. The van der Waals surface area contributed by atoms with E-state index in [9.17, 15) is 69.2 Å². The number of alkyl halides is 6. The van der Waals surface area contributed by atoms with E-state index in [4.69, 9.17) is 0 Å². The van der Waals surface area contributed by atoms with E-state index < -0.39 is 76.8 Å². The minimum Gasteiger partial charge on any atom is -0.338 e. The Hall–Kier alpha value is -10.4. The fraction of sp³-hybridized carbons (Fsp3) is 0.0735. The van der Waals surface area contributed by atoms with E-state index in [-0.39, 0.29) is 31.6 Å². The summed E-state index contributed by atoms with van der Waals surface area (Å²) in [6.07, 6.45) is -0.778. The van der Waals surface area contributed by atoms with Gasteiger partial charge in [0.15, 0.2) is 11.6 Å². The van der Waals surface area contributed by atoms with Crippen LogP contribution in [0.5, 0.6) is 0 Å². The topological polar surface area (TPSA) is 225 Å². The predicted molar refractivity (Wildman–Crippen MR) is 349 cm³/mol. The summed E-state index contributed by atoms with van der Waals surface area (Å²) in [5.41, 5.74) is 5.31. The fourth-order valence-electron chi connectivity index (χ4n) is 9.89. The number of hydrogen-bond acceptors (Lipinski definition) is 9. The van der Waals surface area contributed by atoms with Gasteiger partial charge in [0.05, 0.1) is 58.9 Å². The molecule has 0 radical (unpaired) electrons. The third-order valence-corrected chi connectivity index (χ3v) is 19.0. The van der Waals surface area contributed by atoms with Crippen LogP contribution in [0.1, 0.15) is 45.3 Å². The standard InChI is InChI=1S/2C23H17F4N3O2S.C22H17F2N3O2S/c1-28-33(31,32)21-5-3-2-4-16(21)15-8-10-19-20(13-15)30-22(29-19)11-7-14-6-9-18(24)17(12-14)23(25,26)27;1-28-33(31,32)21-5-3-2-4-17(21)15-7-10-19-20(12-15)30-22(29-19)11-8-14-6-9-16(24)13-18(14)23(25,26)27;1-25-30(28,29)21-5-3-2-4-16(21)15-8-10-19-20(13-15)27-22(26-19)11-7-14-6-9-17(23)18(24)12-14/h2*2-13,28H,1H3,(H,29,30);2-13,25H,1H3,(H,26,27)/b11-7+;11-8+;11-7+. The maximum atomic E-state index is 13.5. The average Bonchev–Trinajstić information content (AvgIpc) is 1.51. The molecule has 0 saturated carbocycles. The molecule has 0 saturated heterocycles. The van der Waals surface area contributed by atoms with Crippen LogP contribution in [0.4, 0.5) is 43.9 Å². The molecule has 0 bridgehead atoms. The molecule has 0 unspecified atom stereocenters. The number of benzene rings is 9. The second-order valence-corrected chi connectivity index (χ2v) is 26.4. The van der Waals surface area contributed by atoms with Crippen molar-refractivity contribution in [3.05, 3.63) is 251 Å². The number of imidazole rings is 3. The highest BCUT2D eigenvalue weighted by Crippen LogP contribution is 2.37. The highest BCUT2D eigenvalue weighted by Gasteiger charge is 2.35. The van der Waals surface area contributed by atoms with E-state index in [2.05, 4.69) is 44.1 Å². The van der Waals surface area contributed by atoms with Gasteiger partial charge in [0.2, 0.25) is 30.1 Å². The van der Waals surface area contributed by atoms with E-state index in [1.54, 1.807) is 121 Å². The van der Waals surface area contributed by atoms with Gasteiger partial charge >= 0.3 is 12.4 Å². The Bertz CT molecular complexity index is 5380. The van der Waals surface area contributed by atoms with Crippen LogP contribution >= 0.6 is 0 Å². The lowest BCUT2D eigenvalue weighted by atomic mass is 10.1. The molecule has 96 heavy (non-hydrogen) atoms. The maximum Gasteiger partial charge on any atom is 0.419 e. The van der Waals surface area contributed by atoms with Crippen LogP contribution in [-0.2, 0) is 42.4 Å². The first-order chi connectivity index (χ1) is 45.5. The molecule has 492 valence electrons. The Morgan fingerprint density at radius 1 is 0.365 bits per heavy atom. The fourth-order valence-corrected chi connectivity index (χ4v) is 12.8. The maximum absolute atomic E-state index is 13.5. The van der Waals surface area contributed by atoms with Crippen molar-refractivity contribution < 1.29 is 69.2 Å². The molecule has 0 aliphatic carbocycles. The molecular weight excluding hydrogens is 1320 g/mol. The summed E-state index contributed by atoms with van der Waals surface area (Å²) in [5, 5.41) is 0. The van der Waals surface area contributed by atoms with Gasteiger partial charge < -0.3 is 15.0 Å². The normalized spacial score (nSPS) is 12.5. The zero-order chi connectivity index (χ0) is 68.9. The summed E-state index contributed by atoms with van der Waals surface area (Å²) in [6.45, 7) is 0. The number of aromatic amines is 3. The predicted octanol–water partition coefficient (Wildman–Crippen LogP) is 15.5. The van der Waals surface area contributed by atoms with Gasteiger partial charge in [0, 0.05) is 16.7 Å². The Balaban J connectivity index is 0.000000157. The molecule has 0 aliphatic rings. The third kappa shape index (κ3) is 15.7. The molecule has 0 fully saturated rings. The van der Waals surface area contributed by atoms with Crippen LogP contribution in [0, 0.1) is 23.3 Å². The van der Waals surface area contributed by atoms with Crippen LogP contribution < -0.4 is 14.2 Å². The molecule has 15 nitrogen and oxygen atoms in total. The van der Waals surface area contributed by atoms with Crippen molar-refractivity contribution in [1.29, 1.82) is 0 Å². The molecule has 0 spiro atoms. The van der Waals surface area contributed by atoms with E-state index in [1.165, 1.54) is 69.7 Å². The van der Waals surface area contributed by atoms with Crippen molar-refractivity contribution in [2.24, 2.45) is 0 Å². The van der Waals surface area contributed by atoms with E-state index in [0.717, 1.165) is 42.0 Å². The van der Waals surface area contributed by atoms with Crippen LogP contribution in [0.15, 0.2) is 197 Å². The number of sulfonamides is 3. The number of aromatic nitrogens is 6. The zero-order valence-electron chi connectivity index (χ0n) is 50.1. The minimum absolute atomic E-state index is 0.113. The number of fused-ring (bicyclic) bond motifs is 3. The van der Waals surface area contributed by atoms with Gasteiger partial charge in [-0.25, -0.2) is 71.9 Å². The lowest BCUT2D eigenvalue weighted by Gasteiger charge is -2.10. The molecule has 3 heterocycles. The highest BCUT2D eigenvalue weighted by molar-refractivity contribution is 7.90. The first-order valence-electron chi connectivity index (χ1n) is 28.3. The second kappa shape index (κ2) is 27.9. The molecule has 0 aliphatic heterocycles. The summed E-state index contributed by atoms with van der Waals surface area (Å²) < 4.78 is 213. The first-order valence-corrected chi connectivity index (χ1v) is 32.8. The Morgan fingerprint density at radius 2 is 0.729 bits per heavy atom. The van der Waals surface area contributed by atoms with Gasteiger partial charge in [-0.1, -0.05) is 109 Å². The molecule has 0 amide bonds. The molecule has 28 heteroatoms. The van der Waals surface area contributed by atoms with Crippen LogP contribution in [-0.4, -0.2) is 76.3 Å². The van der Waals surface area contributed by atoms with Crippen LogP contribution in [0.2, 0.25) is 0 Å². The largest absolute Gasteiger partial charge is 0.419 e.